The largest absolute Gasteiger partial charge is 0.358 e. The fraction of sp³-hybridized carbons (Fsp3) is 0.476. The number of hydrogen-bond donors (Lipinski definition) is 0. The number of para-hydroxylation sites is 1. The summed E-state index contributed by atoms with van der Waals surface area (Å²) in [4.78, 5) is 16.7. The minimum Gasteiger partial charge on any atom is -0.358 e. The Balaban J connectivity index is 2.04. The molecule has 1 aliphatic heterocycles. The zero-order valence-electron chi connectivity index (χ0n) is 23.9. The Morgan fingerprint density at radius 2 is 2.12 bits per heavy atom. The number of likely N-dealkylation sites (tertiary alicyclic amines) is 1. The van der Waals surface area contributed by atoms with Gasteiger partial charge in [0.1, 0.15) is 5.72 Å². The van der Waals surface area contributed by atoms with Gasteiger partial charge in [-0.05, 0) is 30.0 Å². The molecule has 1 amide bonds. The number of piperidine rings is 1. The molecule has 4 nitrogen and oxygen atoms in total. The Morgan fingerprint density at radius 1 is 1.38 bits per heavy atom. The second-order valence-electron chi connectivity index (χ2n) is 5.92. The molecule has 0 atom stereocenters. The van der Waals surface area contributed by atoms with Crippen LogP contribution in [0.15, 0.2) is 47.7 Å². The maximum Gasteiger partial charge on any atom is 0.229 e. The quantitative estimate of drug-likeness (QED) is 0.675. The maximum atomic E-state index is 13.4. The number of rotatable bonds is 7. The molecule has 0 saturated carbocycles. The molecule has 0 unspecified atom stereocenters. The van der Waals surface area contributed by atoms with Crippen molar-refractivity contribution in [2.24, 2.45) is 0 Å². The fourth-order valence-corrected chi connectivity index (χ4v) is 3.73. The average Bonchev–Trinajstić information content (AvgIpc) is 3.30. The van der Waals surface area contributed by atoms with Gasteiger partial charge >= 0.3 is 0 Å². The standard InChI is InChI=1S/C21H28N2O2S/c1-3-20(24)23(18-8-5-4-6-9-18)21(25-2)12-15-22(16-13-21)14-11-19-10-7-17-26-19/h4-10,17H,3,11-16H2,1-2H3/i3D2,4D,5D,6D,8D,9D,14D2. The molecule has 1 saturated heterocycles. The second kappa shape index (κ2) is 8.80. The Bertz CT molecular complexity index is 1050. The first-order valence-corrected chi connectivity index (χ1v) is 9.28. The Labute approximate surface area is 173 Å². The van der Waals surface area contributed by atoms with Crippen molar-refractivity contribution in [2.75, 3.05) is 31.6 Å². The van der Waals surface area contributed by atoms with Gasteiger partial charge in [-0.15, -0.1) is 11.3 Å². The number of thiophene rings is 1. The molecule has 0 N–H and O–H groups in total. The molecule has 1 aliphatic rings. The summed E-state index contributed by atoms with van der Waals surface area (Å²) >= 11 is 1.46. The Hall–Kier alpha value is -1.69. The van der Waals surface area contributed by atoms with Crippen molar-refractivity contribution in [2.45, 2.75) is 38.3 Å². The smallest absolute Gasteiger partial charge is 0.229 e. The van der Waals surface area contributed by atoms with Crippen LogP contribution in [0.1, 0.15) is 43.4 Å². The van der Waals surface area contributed by atoms with Gasteiger partial charge in [-0.25, -0.2) is 0 Å². The molecule has 26 heavy (non-hydrogen) atoms. The van der Waals surface area contributed by atoms with E-state index in [1.54, 1.807) is 4.90 Å². The van der Waals surface area contributed by atoms with E-state index in [1.807, 2.05) is 17.5 Å². The van der Waals surface area contributed by atoms with Gasteiger partial charge in [0.05, 0.1) is 6.85 Å². The number of carbonyl (C=O) groups is 1. The van der Waals surface area contributed by atoms with Crippen LogP contribution in [0.5, 0.6) is 0 Å². The molecule has 3 rings (SSSR count). The van der Waals surface area contributed by atoms with Gasteiger partial charge < -0.3 is 9.64 Å². The van der Waals surface area contributed by atoms with E-state index >= 15 is 0 Å². The third-order valence-corrected chi connectivity index (χ3v) is 5.39. The first-order chi connectivity index (χ1) is 16.2. The summed E-state index contributed by atoms with van der Waals surface area (Å²) in [6.45, 7) is -0.367. The van der Waals surface area contributed by atoms with Crippen molar-refractivity contribution in [3.63, 3.8) is 0 Å². The summed E-state index contributed by atoms with van der Waals surface area (Å²) < 4.78 is 79.7. The van der Waals surface area contributed by atoms with Gasteiger partial charge in [-0.2, -0.15) is 0 Å². The van der Waals surface area contributed by atoms with E-state index in [9.17, 15) is 4.79 Å². The average molecular weight is 382 g/mol. The van der Waals surface area contributed by atoms with Crippen LogP contribution in [-0.2, 0) is 16.0 Å². The molecule has 1 aromatic carbocycles. The molecule has 0 bridgehead atoms. The summed E-state index contributed by atoms with van der Waals surface area (Å²) in [5, 5.41) is 1.87. The van der Waals surface area contributed by atoms with Gasteiger partial charge in [-0.1, -0.05) is 31.1 Å². The third-order valence-electron chi connectivity index (χ3n) is 4.52. The highest BCUT2D eigenvalue weighted by Gasteiger charge is 2.42. The number of carbonyl (C=O) groups excluding carboxylic acids is 1. The zero-order chi connectivity index (χ0) is 26.3. The molecule has 5 heteroatoms. The summed E-state index contributed by atoms with van der Waals surface area (Å²) in [5.74, 6) is -1.10. The van der Waals surface area contributed by atoms with Crippen LogP contribution in [0, 0.1) is 0 Å². The third kappa shape index (κ3) is 4.17. The molecule has 2 aromatic rings. The van der Waals surface area contributed by atoms with Crippen LogP contribution in [0.25, 0.3) is 0 Å². The van der Waals surface area contributed by atoms with Crippen molar-refractivity contribution < 1.29 is 21.9 Å². The van der Waals surface area contributed by atoms with Crippen molar-refractivity contribution in [1.82, 2.24) is 4.90 Å². The SMILES string of the molecule is [2H]c1c([2H])c([2H])c(N(C(=O)C([2H])([2H])C)C2(OC)CCN(C([2H])([2H])Cc3cccs3)CC2)c([2H])c1[2H]. The molecule has 140 valence electrons. The minimum absolute atomic E-state index is 0.0391. The normalized spacial score (nSPS) is 23.2. The molecule has 0 aliphatic carbocycles. The van der Waals surface area contributed by atoms with Gasteiger partial charge in [0.25, 0.3) is 0 Å². The number of hydrogen-bond acceptors (Lipinski definition) is 4. The van der Waals surface area contributed by atoms with Crippen LogP contribution in [0.2, 0.25) is 0 Å². The van der Waals surface area contributed by atoms with E-state index in [1.165, 1.54) is 18.4 Å². The molecular weight excluding hydrogens is 344 g/mol. The van der Waals surface area contributed by atoms with E-state index in [0.717, 1.165) is 16.7 Å². The lowest BCUT2D eigenvalue weighted by molar-refractivity contribution is -0.128. The van der Waals surface area contributed by atoms with Crippen LogP contribution >= 0.6 is 11.3 Å². The topological polar surface area (TPSA) is 32.8 Å². The Morgan fingerprint density at radius 3 is 2.69 bits per heavy atom. The lowest BCUT2D eigenvalue weighted by Gasteiger charge is -2.47. The van der Waals surface area contributed by atoms with Gasteiger partial charge in [0.15, 0.2) is 0 Å². The van der Waals surface area contributed by atoms with E-state index in [0.29, 0.717) is 0 Å². The maximum absolute atomic E-state index is 13.4. The lowest BCUT2D eigenvalue weighted by atomic mass is 9.96. The summed E-state index contributed by atoms with van der Waals surface area (Å²) in [6.07, 6.45) is -2.18. The number of benzene rings is 1. The summed E-state index contributed by atoms with van der Waals surface area (Å²) in [5.41, 5.74) is -1.99. The van der Waals surface area contributed by atoms with E-state index in [4.69, 9.17) is 17.1 Å². The molecule has 0 spiro atoms. The molecule has 0 radical (unpaired) electrons. The summed E-state index contributed by atoms with van der Waals surface area (Å²) in [7, 11) is 1.32. The first-order valence-electron chi connectivity index (χ1n) is 12.9. The van der Waals surface area contributed by atoms with Crippen molar-refractivity contribution >= 4 is 22.9 Å². The number of amides is 1. The minimum atomic E-state index is -2.43. The summed E-state index contributed by atoms with van der Waals surface area (Å²) in [6, 6.07) is 0.510. The van der Waals surface area contributed by atoms with Gasteiger partial charge in [0.2, 0.25) is 5.91 Å². The molecule has 2 heterocycles. The van der Waals surface area contributed by atoms with Gasteiger partial charge in [0, 0.05) is 62.0 Å². The monoisotopic (exact) mass is 381 g/mol. The van der Waals surface area contributed by atoms with Crippen molar-refractivity contribution in [3.8, 4) is 0 Å². The highest BCUT2D eigenvalue weighted by Crippen LogP contribution is 2.34. The van der Waals surface area contributed by atoms with Crippen molar-refractivity contribution in [1.29, 1.82) is 0 Å². The fourth-order valence-electron chi connectivity index (χ4n) is 3.09. The van der Waals surface area contributed by atoms with Crippen molar-refractivity contribution in [3.05, 3.63) is 52.6 Å². The predicted molar refractivity (Wildman–Crippen MR) is 108 cm³/mol. The first kappa shape index (κ1) is 10.6. The number of aryl methyl sites for hydroxylation is 1. The van der Waals surface area contributed by atoms with Crippen LogP contribution in [0.4, 0.5) is 5.69 Å². The Kier molecular flexibility index (Phi) is 3.59. The second-order valence-corrected chi connectivity index (χ2v) is 6.95. The van der Waals surface area contributed by atoms with E-state index in [-0.39, 0.29) is 32.4 Å². The van der Waals surface area contributed by atoms with Crippen LogP contribution in [0.3, 0.4) is 0 Å². The van der Waals surface area contributed by atoms with Gasteiger partial charge in [-0.3, -0.25) is 9.69 Å². The molecular formula is C21H28N2O2S. The zero-order valence-corrected chi connectivity index (χ0v) is 15.7. The number of methoxy groups -OCH3 is 1. The molecule has 1 aromatic heterocycles. The highest BCUT2D eigenvalue weighted by atomic mass is 32.1. The highest BCUT2D eigenvalue weighted by molar-refractivity contribution is 7.09. The number of anilines is 1. The lowest BCUT2D eigenvalue weighted by Crippen LogP contribution is -2.59. The van der Waals surface area contributed by atoms with E-state index in [2.05, 4.69) is 0 Å². The molecule has 1 fully saturated rings. The number of ether oxygens (including phenoxy) is 1. The van der Waals surface area contributed by atoms with Crippen LogP contribution in [-0.4, -0.2) is 43.2 Å². The predicted octanol–water partition coefficient (Wildman–Crippen LogP) is 4.17. The van der Waals surface area contributed by atoms with E-state index < -0.39 is 60.4 Å². The van der Waals surface area contributed by atoms with Crippen LogP contribution < -0.4 is 4.90 Å². The number of nitrogens with zero attached hydrogens (tertiary/aromatic N) is 2.